The van der Waals surface area contributed by atoms with Crippen LogP contribution in [0.4, 0.5) is 0 Å². The molecule has 1 saturated carbocycles. The highest BCUT2D eigenvalue weighted by Gasteiger charge is 2.37. The average Bonchev–Trinajstić information content (AvgIpc) is 2.35. The largest absolute Gasteiger partial charge is 0.392 e. The lowest BCUT2D eigenvalue weighted by Gasteiger charge is -2.35. The van der Waals surface area contributed by atoms with Crippen molar-refractivity contribution >= 4 is 5.78 Å². The molecule has 0 amide bonds. The highest BCUT2D eigenvalue weighted by molar-refractivity contribution is 5.84. The number of hydrogen-bond acceptors (Lipinski definition) is 3. The van der Waals surface area contributed by atoms with Crippen molar-refractivity contribution in [2.45, 2.75) is 52.1 Å². The number of ketones is 1. The van der Waals surface area contributed by atoms with Crippen LogP contribution in [0.5, 0.6) is 0 Å². The molecule has 104 valence electrons. The van der Waals surface area contributed by atoms with Crippen LogP contribution in [-0.2, 0) is 4.79 Å². The van der Waals surface area contributed by atoms with Gasteiger partial charge < -0.3 is 10.4 Å². The Labute approximate surface area is 110 Å². The van der Waals surface area contributed by atoms with Crippen molar-refractivity contribution in [1.82, 2.24) is 5.32 Å². The van der Waals surface area contributed by atoms with Crippen molar-refractivity contribution < 1.29 is 9.90 Å². The Morgan fingerprint density at radius 2 is 1.94 bits per heavy atom. The first-order valence-corrected chi connectivity index (χ1v) is 7.50. The highest BCUT2D eigenvalue weighted by atomic mass is 16.3. The number of piperidine rings is 1. The summed E-state index contributed by atoms with van der Waals surface area (Å²) in [5.74, 6) is 1.52. The van der Waals surface area contributed by atoms with Gasteiger partial charge >= 0.3 is 0 Å². The number of rotatable bonds is 3. The number of carbonyl (C=O) groups is 1. The topological polar surface area (TPSA) is 49.3 Å². The summed E-state index contributed by atoms with van der Waals surface area (Å²) in [7, 11) is 0. The fourth-order valence-electron chi connectivity index (χ4n) is 3.70. The molecule has 0 aromatic carbocycles. The fraction of sp³-hybridized carbons (Fsp3) is 0.933. The molecule has 2 aliphatic rings. The van der Waals surface area contributed by atoms with Gasteiger partial charge in [0.05, 0.1) is 6.10 Å². The number of nitrogens with one attached hydrogen (secondary N) is 1. The second kappa shape index (κ2) is 6.16. The third-order valence-electron chi connectivity index (χ3n) is 4.76. The molecule has 4 unspecified atom stereocenters. The Hall–Kier alpha value is -0.410. The van der Waals surface area contributed by atoms with Crippen LogP contribution in [0.25, 0.3) is 0 Å². The minimum atomic E-state index is -0.411. The number of aliphatic hydroxyl groups is 1. The first kappa shape index (κ1) is 14.0. The lowest BCUT2D eigenvalue weighted by Crippen LogP contribution is -2.40. The van der Waals surface area contributed by atoms with Crippen LogP contribution >= 0.6 is 0 Å². The Morgan fingerprint density at radius 3 is 2.61 bits per heavy atom. The second-order valence-corrected chi connectivity index (χ2v) is 6.48. The van der Waals surface area contributed by atoms with E-state index in [1.807, 2.05) is 6.92 Å². The molecule has 0 aromatic rings. The number of aliphatic hydroxyl groups excluding tert-OH is 1. The van der Waals surface area contributed by atoms with Crippen molar-refractivity contribution in [2.75, 3.05) is 13.1 Å². The molecule has 1 heterocycles. The second-order valence-electron chi connectivity index (χ2n) is 6.48. The Kier molecular flexibility index (Phi) is 4.79. The molecular formula is C15H27NO2. The van der Waals surface area contributed by atoms with Gasteiger partial charge in [-0.3, -0.25) is 4.79 Å². The zero-order chi connectivity index (χ0) is 13.1. The van der Waals surface area contributed by atoms with Gasteiger partial charge in [-0.25, -0.2) is 0 Å². The first-order valence-electron chi connectivity index (χ1n) is 7.50. The molecule has 0 aromatic heterocycles. The van der Waals surface area contributed by atoms with E-state index in [0.29, 0.717) is 17.6 Å². The molecule has 1 aliphatic heterocycles. The summed E-state index contributed by atoms with van der Waals surface area (Å²) in [5.41, 5.74) is 0. The predicted octanol–water partition coefficient (Wildman–Crippen LogP) is 1.99. The normalized spacial score (nSPS) is 36.6. The van der Waals surface area contributed by atoms with Crippen LogP contribution in [0.15, 0.2) is 0 Å². The average molecular weight is 253 g/mol. The van der Waals surface area contributed by atoms with E-state index in [0.717, 1.165) is 45.2 Å². The molecule has 2 fully saturated rings. The van der Waals surface area contributed by atoms with Gasteiger partial charge in [-0.2, -0.15) is 0 Å². The van der Waals surface area contributed by atoms with Crippen LogP contribution in [-0.4, -0.2) is 30.1 Å². The van der Waals surface area contributed by atoms with Gasteiger partial charge in [0.25, 0.3) is 0 Å². The zero-order valence-electron chi connectivity index (χ0n) is 11.7. The summed E-state index contributed by atoms with van der Waals surface area (Å²) in [6, 6.07) is 0. The van der Waals surface area contributed by atoms with Crippen molar-refractivity contribution in [3.63, 3.8) is 0 Å². The molecule has 0 radical (unpaired) electrons. The minimum absolute atomic E-state index is 0.0985. The monoisotopic (exact) mass is 253 g/mol. The summed E-state index contributed by atoms with van der Waals surface area (Å²) in [4.78, 5) is 12.2. The Morgan fingerprint density at radius 1 is 1.28 bits per heavy atom. The van der Waals surface area contributed by atoms with Crippen molar-refractivity contribution in [1.29, 1.82) is 0 Å². The number of Topliss-reactive ketones (excluding diaryl/α,β-unsaturated/α-hetero) is 1. The van der Waals surface area contributed by atoms with Gasteiger partial charge in [0.15, 0.2) is 0 Å². The van der Waals surface area contributed by atoms with Crippen LogP contribution in [0.3, 0.4) is 0 Å². The van der Waals surface area contributed by atoms with Crippen LogP contribution in [0, 0.1) is 23.7 Å². The summed E-state index contributed by atoms with van der Waals surface area (Å²) in [5, 5.41) is 13.7. The maximum atomic E-state index is 12.2. The molecule has 3 nitrogen and oxygen atoms in total. The third kappa shape index (κ3) is 3.33. The van der Waals surface area contributed by atoms with Gasteiger partial charge in [-0.15, -0.1) is 0 Å². The standard InChI is InChI=1S/C15H27NO2/c1-10-7-11(2)15(18)13(8-10)14(17)9-12-3-5-16-6-4-12/h10-14,16-17H,3-9H2,1-2H3. The summed E-state index contributed by atoms with van der Waals surface area (Å²) in [6.45, 7) is 6.33. The van der Waals surface area contributed by atoms with Crippen molar-refractivity contribution in [3.05, 3.63) is 0 Å². The van der Waals surface area contributed by atoms with Gasteiger partial charge in [0, 0.05) is 11.8 Å². The Bertz CT molecular complexity index is 286. The van der Waals surface area contributed by atoms with Crippen LogP contribution < -0.4 is 5.32 Å². The SMILES string of the molecule is CC1CC(C)C(=O)C(C(O)CC2CCNCC2)C1. The quantitative estimate of drug-likeness (QED) is 0.808. The van der Waals surface area contributed by atoms with E-state index in [4.69, 9.17) is 0 Å². The summed E-state index contributed by atoms with van der Waals surface area (Å²) in [6.07, 6.45) is 4.57. The number of hydrogen-bond donors (Lipinski definition) is 2. The molecule has 18 heavy (non-hydrogen) atoms. The van der Waals surface area contributed by atoms with Crippen LogP contribution in [0.2, 0.25) is 0 Å². The van der Waals surface area contributed by atoms with E-state index in [1.165, 1.54) is 0 Å². The molecule has 1 saturated heterocycles. The predicted molar refractivity (Wildman–Crippen MR) is 72.3 cm³/mol. The van der Waals surface area contributed by atoms with Gasteiger partial charge in [-0.05, 0) is 57.0 Å². The fourth-order valence-corrected chi connectivity index (χ4v) is 3.70. The van der Waals surface area contributed by atoms with E-state index in [2.05, 4.69) is 12.2 Å². The molecular weight excluding hydrogens is 226 g/mol. The molecule has 0 bridgehead atoms. The third-order valence-corrected chi connectivity index (χ3v) is 4.76. The smallest absolute Gasteiger partial charge is 0.141 e. The molecule has 3 heteroatoms. The van der Waals surface area contributed by atoms with Gasteiger partial charge in [0.1, 0.15) is 5.78 Å². The number of carbonyl (C=O) groups excluding carboxylic acids is 1. The molecule has 2 rings (SSSR count). The zero-order valence-corrected chi connectivity index (χ0v) is 11.7. The van der Waals surface area contributed by atoms with E-state index in [1.54, 1.807) is 0 Å². The first-order chi connectivity index (χ1) is 8.58. The lowest BCUT2D eigenvalue weighted by molar-refractivity contribution is -0.134. The molecule has 2 N–H and O–H groups in total. The molecule has 1 aliphatic carbocycles. The molecule has 4 atom stereocenters. The van der Waals surface area contributed by atoms with Crippen LogP contribution in [0.1, 0.15) is 46.0 Å². The van der Waals surface area contributed by atoms with Crippen molar-refractivity contribution in [3.8, 4) is 0 Å². The highest BCUT2D eigenvalue weighted by Crippen LogP contribution is 2.34. The van der Waals surface area contributed by atoms with E-state index >= 15 is 0 Å². The van der Waals surface area contributed by atoms with Crippen molar-refractivity contribution in [2.24, 2.45) is 23.7 Å². The summed E-state index contributed by atoms with van der Waals surface area (Å²) >= 11 is 0. The van der Waals surface area contributed by atoms with E-state index < -0.39 is 6.10 Å². The molecule has 0 spiro atoms. The van der Waals surface area contributed by atoms with Gasteiger partial charge in [-0.1, -0.05) is 13.8 Å². The van der Waals surface area contributed by atoms with Gasteiger partial charge in [0.2, 0.25) is 0 Å². The Balaban J connectivity index is 1.90. The minimum Gasteiger partial charge on any atom is -0.392 e. The summed E-state index contributed by atoms with van der Waals surface area (Å²) < 4.78 is 0. The lowest BCUT2D eigenvalue weighted by atomic mass is 9.72. The van der Waals surface area contributed by atoms with E-state index in [9.17, 15) is 9.90 Å². The maximum absolute atomic E-state index is 12.2. The van der Waals surface area contributed by atoms with E-state index in [-0.39, 0.29) is 11.8 Å². The maximum Gasteiger partial charge on any atom is 0.141 e.